The molecule has 96 valence electrons. The molecule has 0 saturated heterocycles. The second-order valence-corrected chi connectivity index (χ2v) is 6.13. The van der Waals surface area contributed by atoms with E-state index in [1.807, 2.05) is 12.3 Å². The number of hydrogen-bond donors (Lipinski definition) is 0. The molecule has 0 N–H and O–H groups in total. The lowest BCUT2D eigenvalue weighted by atomic mass is 10.1. The van der Waals surface area contributed by atoms with E-state index in [9.17, 15) is 0 Å². The highest BCUT2D eigenvalue weighted by atomic mass is 79.9. The number of nitrogens with zero attached hydrogens (tertiary/aromatic N) is 2. The van der Waals surface area contributed by atoms with E-state index in [0.29, 0.717) is 4.83 Å². The van der Waals surface area contributed by atoms with E-state index in [0.717, 1.165) is 23.9 Å². The summed E-state index contributed by atoms with van der Waals surface area (Å²) in [6.45, 7) is 3.03. The minimum atomic E-state index is 0.394. The monoisotopic (exact) mass is 370 g/mol. The Labute approximate surface area is 125 Å². The van der Waals surface area contributed by atoms with Crippen LogP contribution in [0.25, 0.3) is 0 Å². The van der Waals surface area contributed by atoms with Gasteiger partial charge in [0.25, 0.3) is 0 Å². The van der Waals surface area contributed by atoms with Gasteiger partial charge in [-0.05, 0) is 41.3 Å². The maximum Gasteiger partial charge on any atom is 0.0635 e. The Morgan fingerprint density at radius 1 is 1.28 bits per heavy atom. The van der Waals surface area contributed by atoms with Crippen LogP contribution in [-0.4, -0.2) is 9.78 Å². The molecule has 0 aliphatic carbocycles. The van der Waals surface area contributed by atoms with E-state index < -0.39 is 0 Å². The fourth-order valence-corrected chi connectivity index (χ4v) is 3.03. The molecular formula is C14H16Br2N2. The Balaban J connectivity index is 2.01. The summed E-state index contributed by atoms with van der Waals surface area (Å²) in [5, 5.41) is 4.34. The van der Waals surface area contributed by atoms with Crippen LogP contribution in [0.4, 0.5) is 0 Å². The Morgan fingerprint density at radius 2 is 2.00 bits per heavy atom. The molecule has 18 heavy (non-hydrogen) atoms. The van der Waals surface area contributed by atoms with Crippen molar-refractivity contribution >= 4 is 31.9 Å². The van der Waals surface area contributed by atoms with Crippen molar-refractivity contribution in [3.63, 3.8) is 0 Å². The van der Waals surface area contributed by atoms with Gasteiger partial charge in [0, 0.05) is 11.4 Å². The molecule has 0 spiro atoms. The van der Waals surface area contributed by atoms with Gasteiger partial charge in [0.1, 0.15) is 0 Å². The summed E-state index contributed by atoms with van der Waals surface area (Å²) in [4.78, 5) is 0.394. The Kier molecular flexibility index (Phi) is 5.01. The average molecular weight is 372 g/mol. The smallest absolute Gasteiger partial charge is 0.0635 e. The summed E-state index contributed by atoms with van der Waals surface area (Å²) in [6, 6.07) is 10.5. The number of rotatable bonds is 5. The fraction of sp³-hybridized carbons (Fsp3) is 0.357. The number of aromatic nitrogens is 2. The third-order valence-corrected chi connectivity index (χ3v) is 4.64. The van der Waals surface area contributed by atoms with Crippen molar-refractivity contribution in [2.24, 2.45) is 0 Å². The van der Waals surface area contributed by atoms with Crippen molar-refractivity contribution in [1.82, 2.24) is 9.78 Å². The van der Waals surface area contributed by atoms with Crippen molar-refractivity contribution in [2.75, 3.05) is 0 Å². The molecule has 1 heterocycles. The Hall–Kier alpha value is -0.610. The molecule has 0 aliphatic heterocycles. The van der Waals surface area contributed by atoms with Crippen molar-refractivity contribution in [3.8, 4) is 0 Å². The largest absolute Gasteiger partial charge is 0.269 e. The van der Waals surface area contributed by atoms with Gasteiger partial charge in [-0.15, -0.1) is 0 Å². The molecular weight excluding hydrogens is 356 g/mol. The van der Waals surface area contributed by atoms with Crippen molar-refractivity contribution in [3.05, 3.63) is 52.3 Å². The molecule has 2 rings (SSSR count). The standard InChI is InChI=1S/C14H16Br2N2/c1-2-18-14(13(16)10-17-18)9-8-12(15)11-6-4-3-5-7-11/h3-7,10,12H,2,8-9H2,1H3. The first kappa shape index (κ1) is 13.8. The van der Waals surface area contributed by atoms with Crippen molar-refractivity contribution in [1.29, 1.82) is 0 Å². The summed E-state index contributed by atoms with van der Waals surface area (Å²) >= 11 is 7.32. The zero-order chi connectivity index (χ0) is 13.0. The van der Waals surface area contributed by atoms with Gasteiger partial charge in [0.15, 0.2) is 0 Å². The number of alkyl halides is 1. The molecule has 0 bridgehead atoms. The summed E-state index contributed by atoms with van der Waals surface area (Å²) in [5.74, 6) is 0. The van der Waals surface area contributed by atoms with Crippen LogP contribution in [0, 0.1) is 0 Å². The molecule has 2 nitrogen and oxygen atoms in total. The highest BCUT2D eigenvalue weighted by Crippen LogP contribution is 2.29. The molecule has 2 aromatic rings. The molecule has 0 aliphatic rings. The molecule has 0 fully saturated rings. The zero-order valence-electron chi connectivity index (χ0n) is 10.3. The predicted molar refractivity (Wildman–Crippen MR) is 82.0 cm³/mol. The van der Waals surface area contributed by atoms with Gasteiger partial charge in [0.05, 0.1) is 16.4 Å². The molecule has 4 heteroatoms. The van der Waals surface area contributed by atoms with Gasteiger partial charge < -0.3 is 0 Å². The number of hydrogen-bond acceptors (Lipinski definition) is 1. The van der Waals surface area contributed by atoms with Crippen molar-refractivity contribution < 1.29 is 0 Å². The Bertz CT molecular complexity index is 494. The summed E-state index contributed by atoms with van der Waals surface area (Å²) < 4.78 is 3.16. The molecule has 1 atom stereocenters. The number of halogens is 2. The van der Waals surface area contributed by atoms with Crippen LogP contribution < -0.4 is 0 Å². The lowest BCUT2D eigenvalue weighted by Gasteiger charge is -2.11. The van der Waals surface area contributed by atoms with Crippen molar-refractivity contribution in [2.45, 2.75) is 31.1 Å². The van der Waals surface area contributed by atoms with Crippen LogP contribution in [0.5, 0.6) is 0 Å². The molecule has 0 amide bonds. The van der Waals surface area contributed by atoms with E-state index in [2.05, 4.69) is 72.8 Å². The third-order valence-electron chi connectivity index (χ3n) is 2.99. The average Bonchev–Trinajstić information content (AvgIpc) is 2.77. The molecule has 1 aromatic carbocycles. The van der Waals surface area contributed by atoms with Gasteiger partial charge in [-0.3, -0.25) is 4.68 Å². The number of benzene rings is 1. The van der Waals surface area contributed by atoms with E-state index in [1.165, 1.54) is 11.3 Å². The van der Waals surface area contributed by atoms with Gasteiger partial charge in [0.2, 0.25) is 0 Å². The zero-order valence-corrected chi connectivity index (χ0v) is 13.5. The SMILES string of the molecule is CCn1ncc(Br)c1CCC(Br)c1ccccc1. The summed E-state index contributed by atoms with van der Waals surface area (Å²) in [5.41, 5.74) is 2.61. The topological polar surface area (TPSA) is 17.8 Å². The van der Waals surface area contributed by atoms with Gasteiger partial charge >= 0.3 is 0 Å². The van der Waals surface area contributed by atoms with E-state index in [1.54, 1.807) is 0 Å². The highest BCUT2D eigenvalue weighted by molar-refractivity contribution is 9.10. The Morgan fingerprint density at radius 3 is 2.67 bits per heavy atom. The van der Waals surface area contributed by atoms with Gasteiger partial charge in [-0.2, -0.15) is 5.10 Å². The van der Waals surface area contributed by atoms with Crippen LogP contribution in [0.3, 0.4) is 0 Å². The lowest BCUT2D eigenvalue weighted by molar-refractivity contribution is 0.608. The first-order chi connectivity index (χ1) is 8.72. The van der Waals surface area contributed by atoms with Crippen LogP contribution in [0.2, 0.25) is 0 Å². The highest BCUT2D eigenvalue weighted by Gasteiger charge is 2.12. The predicted octanol–water partition coefficient (Wildman–Crippen LogP) is 4.73. The first-order valence-corrected chi connectivity index (χ1v) is 7.82. The second kappa shape index (κ2) is 6.53. The minimum Gasteiger partial charge on any atom is -0.269 e. The molecule has 1 aromatic heterocycles. The van der Waals surface area contributed by atoms with Gasteiger partial charge in [-0.1, -0.05) is 46.3 Å². The lowest BCUT2D eigenvalue weighted by Crippen LogP contribution is -2.04. The summed E-state index contributed by atoms with van der Waals surface area (Å²) in [7, 11) is 0. The maximum absolute atomic E-state index is 4.34. The van der Waals surface area contributed by atoms with Crippen LogP contribution in [0.15, 0.2) is 41.0 Å². The quantitative estimate of drug-likeness (QED) is 0.694. The number of aryl methyl sites for hydroxylation is 1. The van der Waals surface area contributed by atoms with E-state index in [-0.39, 0.29) is 0 Å². The first-order valence-electron chi connectivity index (χ1n) is 6.11. The van der Waals surface area contributed by atoms with Crippen LogP contribution in [-0.2, 0) is 13.0 Å². The maximum atomic E-state index is 4.34. The van der Waals surface area contributed by atoms with Crippen LogP contribution in [0.1, 0.15) is 29.4 Å². The van der Waals surface area contributed by atoms with E-state index >= 15 is 0 Å². The molecule has 1 unspecified atom stereocenters. The fourth-order valence-electron chi connectivity index (χ4n) is 2.00. The molecule has 0 saturated carbocycles. The van der Waals surface area contributed by atoms with Gasteiger partial charge in [-0.25, -0.2) is 0 Å². The van der Waals surface area contributed by atoms with E-state index in [4.69, 9.17) is 0 Å². The summed E-state index contributed by atoms with van der Waals surface area (Å²) in [6.07, 6.45) is 3.96. The molecule has 0 radical (unpaired) electrons. The normalized spacial score (nSPS) is 12.6. The third kappa shape index (κ3) is 3.23. The van der Waals surface area contributed by atoms with Crippen LogP contribution >= 0.6 is 31.9 Å². The minimum absolute atomic E-state index is 0.394. The second-order valence-electron chi connectivity index (χ2n) is 4.17.